The molecule has 0 aliphatic carbocycles. The first-order valence-corrected chi connectivity index (χ1v) is 6.56. The van der Waals surface area contributed by atoms with Crippen LogP contribution in [0.5, 0.6) is 0 Å². The van der Waals surface area contributed by atoms with Crippen LogP contribution in [-0.2, 0) is 0 Å². The predicted molar refractivity (Wildman–Crippen MR) is 74.0 cm³/mol. The molecule has 0 saturated carbocycles. The number of hydrogen-bond donors (Lipinski definition) is 3. The van der Waals surface area contributed by atoms with Crippen molar-refractivity contribution in [1.82, 2.24) is 15.5 Å². The molecule has 0 aliphatic heterocycles. The van der Waals surface area contributed by atoms with Crippen molar-refractivity contribution < 1.29 is 9.90 Å². The van der Waals surface area contributed by atoms with E-state index in [-0.39, 0.29) is 11.6 Å². The first kappa shape index (κ1) is 15.4. The number of anilines is 1. The number of rotatable bonds is 7. The third kappa shape index (κ3) is 5.65. The zero-order valence-corrected chi connectivity index (χ0v) is 11.7. The van der Waals surface area contributed by atoms with E-state index < -0.39 is 6.10 Å². The van der Waals surface area contributed by atoms with Crippen molar-refractivity contribution in [3.63, 3.8) is 0 Å². The molecule has 1 atom stereocenters. The van der Waals surface area contributed by atoms with Crippen LogP contribution in [0.1, 0.15) is 37.7 Å². The molecule has 1 aromatic heterocycles. The second kappa shape index (κ2) is 7.68. The highest BCUT2D eigenvalue weighted by Crippen LogP contribution is 2.06. The molecule has 1 heterocycles. The van der Waals surface area contributed by atoms with Gasteiger partial charge in [0.1, 0.15) is 5.82 Å². The number of carbonyl (C=O) groups is 1. The molecule has 0 aromatic carbocycles. The van der Waals surface area contributed by atoms with Crippen molar-refractivity contribution in [3.8, 4) is 0 Å². The van der Waals surface area contributed by atoms with Crippen LogP contribution < -0.4 is 10.6 Å². The lowest BCUT2D eigenvalue weighted by molar-refractivity contribution is 0.0950. The van der Waals surface area contributed by atoms with Gasteiger partial charge in [-0.1, -0.05) is 13.8 Å². The van der Waals surface area contributed by atoms with Crippen molar-refractivity contribution in [3.05, 3.63) is 17.8 Å². The van der Waals surface area contributed by atoms with Crippen LogP contribution in [0.2, 0.25) is 0 Å². The van der Waals surface area contributed by atoms with Crippen LogP contribution >= 0.6 is 0 Å². The van der Waals surface area contributed by atoms with E-state index in [1.807, 2.05) is 6.92 Å². The van der Waals surface area contributed by atoms with E-state index in [0.29, 0.717) is 24.8 Å². The Morgan fingerprint density at radius 2 is 2.11 bits per heavy atom. The zero-order chi connectivity index (χ0) is 14.3. The lowest BCUT2D eigenvalue weighted by atomic mass is 10.1. The molecule has 0 radical (unpaired) electrons. The first-order valence-electron chi connectivity index (χ1n) is 6.56. The summed E-state index contributed by atoms with van der Waals surface area (Å²) in [6.07, 6.45) is 0.321. The molecule has 1 aromatic rings. The van der Waals surface area contributed by atoms with Crippen molar-refractivity contribution in [2.45, 2.75) is 33.3 Å². The van der Waals surface area contributed by atoms with Crippen LogP contribution in [0.25, 0.3) is 0 Å². The summed E-state index contributed by atoms with van der Waals surface area (Å²) in [6, 6.07) is 3.29. The average Bonchev–Trinajstić information content (AvgIpc) is 2.36. The predicted octanol–water partition coefficient (Wildman–Crippen LogP) is 1.05. The van der Waals surface area contributed by atoms with Crippen molar-refractivity contribution >= 4 is 11.7 Å². The number of amides is 1. The van der Waals surface area contributed by atoms with E-state index in [0.717, 1.165) is 6.42 Å². The Balaban J connectivity index is 2.46. The van der Waals surface area contributed by atoms with Gasteiger partial charge in [-0.2, -0.15) is 0 Å². The van der Waals surface area contributed by atoms with Gasteiger partial charge >= 0.3 is 0 Å². The van der Waals surface area contributed by atoms with E-state index in [1.165, 1.54) is 0 Å². The minimum atomic E-state index is -0.412. The van der Waals surface area contributed by atoms with Gasteiger partial charge < -0.3 is 15.7 Å². The van der Waals surface area contributed by atoms with Gasteiger partial charge in [0.15, 0.2) is 5.69 Å². The lowest BCUT2D eigenvalue weighted by Crippen LogP contribution is -2.24. The maximum atomic E-state index is 11.5. The highest BCUT2D eigenvalue weighted by molar-refractivity contribution is 5.92. The number of aliphatic hydroxyl groups is 1. The lowest BCUT2D eigenvalue weighted by Gasteiger charge is -2.13. The number of nitrogens with one attached hydrogen (secondary N) is 2. The Kier molecular flexibility index (Phi) is 6.21. The Morgan fingerprint density at radius 3 is 2.63 bits per heavy atom. The molecule has 1 rings (SSSR count). The Hall–Kier alpha value is -1.69. The summed E-state index contributed by atoms with van der Waals surface area (Å²) in [4.78, 5) is 11.5. The molecule has 0 saturated heterocycles. The fraction of sp³-hybridized carbons (Fsp3) is 0.615. The normalized spacial score (nSPS) is 12.3. The number of hydrogen-bond acceptors (Lipinski definition) is 5. The maximum Gasteiger partial charge on any atom is 0.271 e. The first-order chi connectivity index (χ1) is 9.02. The molecular weight excluding hydrogens is 244 g/mol. The molecule has 1 amide bonds. The van der Waals surface area contributed by atoms with Crippen LogP contribution in [0.4, 0.5) is 5.82 Å². The smallest absolute Gasteiger partial charge is 0.271 e. The Labute approximate surface area is 113 Å². The van der Waals surface area contributed by atoms with Gasteiger partial charge in [0.05, 0.1) is 6.10 Å². The molecule has 6 nitrogen and oxygen atoms in total. The van der Waals surface area contributed by atoms with Gasteiger partial charge in [-0.15, -0.1) is 10.2 Å². The molecule has 6 heteroatoms. The number of aliphatic hydroxyl groups excluding tert-OH is 1. The maximum absolute atomic E-state index is 11.5. The molecule has 0 spiro atoms. The molecule has 0 fully saturated rings. The van der Waals surface area contributed by atoms with Crippen molar-refractivity contribution in [2.24, 2.45) is 5.92 Å². The van der Waals surface area contributed by atoms with Crippen LogP contribution in [0.15, 0.2) is 12.1 Å². The third-order valence-electron chi connectivity index (χ3n) is 2.50. The molecule has 106 valence electrons. The monoisotopic (exact) mass is 266 g/mol. The zero-order valence-electron chi connectivity index (χ0n) is 11.7. The van der Waals surface area contributed by atoms with Crippen LogP contribution in [-0.4, -0.2) is 40.4 Å². The Bertz CT molecular complexity index is 392. The largest absolute Gasteiger partial charge is 0.391 e. The summed E-state index contributed by atoms with van der Waals surface area (Å²) in [6.45, 7) is 6.95. The van der Waals surface area contributed by atoms with Gasteiger partial charge in [-0.25, -0.2) is 0 Å². The highest BCUT2D eigenvalue weighted by Gasteiger charge is 2.09. The molecule has 0 bridgehead atoms. The second-order valence-electron chi connectivity index (χ2n) is 4.83. The van der Waals surface area contributed by atoms with E-state index in [4.69, 9.17) is 0 Å². The SMILES string of the molecule is CCNC(=O)c1ccc(NCC(O)CC(C)C)nn1. The number of nitrogens with zero attached hydrogens (tertiary/aromatic N) is 2. The minimum absolute atomic E-state index is 0.235. The van der Waals surface area contributed by atoms with Gasteiger partial charge in [0, 0.05) is 13.1 Å². The van der Waals surface area contributed by atoms with Crippen LogP contribution in [0.3, 0.4) is 0 Å². The fourth-order valence-corrected chi connectivity index (χ4v) is 1.65. The van der Waals surface area contributed by atoms with E-state index in [2.05, 4.69) is 34.7 Å². The highest BCUT2D eigenvalue weighted by atomic mass is 16.3. The summed E-state index contributed by atoms with van der Waals surface area (Å²) in [5.41, 5.74) is 0.287. The third-order valence-corrected chi connectivity index (χ3v) is 2.50. The molecule has 19 heavy (non-hydrogen) atoms. The minimum Gasteiger partial charge on any atom is -0.391 e. The van der Waals surface area contributed by atoms with E-state index in [1.54, 1.807) is 12.1 Å². The van der Waals surface area contributed by atoms with Crippen molar-refractivity contribution in [1.29, 1.82) is 0 Å². The van der Waals surface area contributed by atoms with Crippen LogP contribution in [0, 0.1) is 5.92 Å². The van der Waals surface area contributed by atoms with Gasteiger partial charge in [0.25, 0.3) is 5.91 Å². The fourth-order valence-electron chi connectivity index (χ4n) is 1.65. The number of carbonyl (C=O) groups excluding carboxylic acids is 1. The topological polar surface area (TPSA) is 87.1 Å². The Morgan fingerprint density at radius 1 is 1.37 bits per heavy atom. The summed E-state index contributed by atoms with van der Waals surface area (Å²) in [7, 11) is 0. The average molecular weight is 266 g/mol. The van der Waals surface area contributed by atoms with E-state index in [9.17, 15) is 9.90 Å². The summed E-state index contributed by atoms with van der Waals surface area (Å²) in [5, 5.41) is 23.1. The molecule has 1 unspecified atom stereocenters. The van der Waals surface area contributed by atoms with Crippen molar-refractivity contribution in [2.75, 3.05) is 18.4 Å². The molecule has 0 aliphatic rings. The van der Waals surface area contributed by atoms with Gasteiger partial charge in [-0.3, -0.25) is 4.79 Å². The summed E-state index contributed by atoms with van der Waals surface area (Å²) in [5.74, 6) is 0.764. The molecule has 3 N–H and O–H groups in total. The summed E-state index contributed by atoms with van der Waals surface area (Å²) < 4.78 is 0. The number of aromatic nitrogens is 2. The standard InChI is InChI=1S/C13H22N4O2/c1-4-14-13(19)11-5-6-12(17-16-11)15-8-10(18)7-9(2)3/h5-6,9-10,18H,4,7-8H2,1-3H3,(H,14,19)(H,15,17). The van der Waals surface area contributed by atoms with E-state index >= 15 is 0 Å². The van der Waals surface area contributed by atoms with Gasteiger partial charge in [0.2, 0.25) is 0 Å². The second-order valence-corrected chi connectivity index (χ2v) is 4.83. The van der Waals surface area contributed by atoms with Gasteiger partial charge in [-0.05, 0) is 31.4 Å². The quantitative estimate of drug-likeness (QED) is 0.686. The molecular formula is C13H22N4O2. The summed E-state index contributed by atoms with van der Waals surface area (Å²) >= 11 is 0.